The lowest BCUT2D eigenvalue weighted by atomic mass is 10.1. The lowest BCUT2D eigenvalue weighted by Crippen LogP contribution is -2.41. The van der Waals surface area contributed by atoms with Gasteiger partial charge in [-0.25, -0.2) is 4.98 Å². The van der Waals surface area contributed by atoms with Crippen LogP contribution in [-0.2, 0) is 11.3 Å². The molecule has 0 saturated carbocycles. The summed E-state index contributed by atoms with van der Waals surface area (Å²) < 4.78 is 0. The molecule has 2 N–H and O–H groups in total. The summed E-state index contributed by atoms with van der Waals surface area (Å²) in [5.74, 6) is 1.08. The van der Waals surface area contributed by atoms with E-state index in [0.717, 1.165) is 43.3 Å². The van der Waals surface area contributed by atoms with Gasteiger partial charge in [-0.05, 0) is 26.2 Å². The largest absolute Gasteiger partial charge is 0.356 e. The molecule has 1 atom stereocenters. The number of likely N-dealkylation sites (tertiary alicyclic amines) is 1. The molecule has 0 spiro atoms. The molecule has 24 heavy (non-hydrogen) atoms. The summed E-state index contributed by atoms with van der Waals surface area (Å²) >= 11 is 1.69. The van der Waals surface area contributed by atoms with Crippen molar-refractivity contribution < 1.29 is 4.79 Å². The monoisotopic (exact) mass is 465 g/mol. The Morgan fingerprint density at radius 1 is 1.50 bits per heavy atom. The van der Waals surface area contributed by atoms with E-state index in [-0.39, 0.29) is 24.0 Å². The maximum absolute atomic E-state index is 11.9. The number of aryl methyl sites for hydroxylation is 1. The van der Waals surface area contributed by atoms with Crippen LogP contribution in [0.3, 0.4) is 0 Å². The number of thiazole rings is 1. The first kappa shape index (κ1) is 21.1. The van der Waals surface area contributed by atoms with Crippen LogP contribution >= 0.6 is 35.3 Å². The normalized spacial score (nSPS) is 16.0. The van der Waals surface area contributed by atoms with Crippen LogP contribution in [0.2, 0.25) is 0 Å². The molecule has 1 aromatic rings. The molecule has 1 aliphatic heterocycles. The second-order valence-corrected chi connectivity index (χ2v) is 7.08. The third-order valence-corrected chi connectivity index (χ3v) is 5.00. The molecule has 1 aliphatic rings. The number of hydrogen-bond donors (Lipinski definition) is 2. The summed E-state index contributed by atoms with van der Waals surface area (Å²) in [6.07, 6.45) is 5.54. The van der Waals surface area contributed by atoms with Gasteiger partial charge in [0, 0.05) is 43.7 Å². The molecule has 1 unspecified atom stereocenters. The third kappa shape index (κ3) is 6.19. The van der Waals surface area contributed by atoms with Gasteiger partial charge in [-0.15, -0.1) is 35.3 Å². The highest BCUT2D eigenvalue weighted by atomic mass is 127. The fraction of sp³-hybridized carbons (Fsp3) is 0.688. The highest BCUT2D eigenvalue weighted by molar-refractivity contribution is 14.0. The first-order valence-electron chi connectivity index (χ1n) is 8.29. The van der Waals surface area contributed by atoms with Crippen molar-refractivity contribution in [2.75, 3.05) is 20.1 Å². The molecule has 2 heterocycles. The van der Waals surface area contributed by atoms with Crippen molar-refractivity contribution >= 4 is 47.2 Å². The Kier molecular flexibility index (Phi) is 9.57. The Morgan fingerprint density at radius 3 is 2.83 bits per heavy atom. The summed E-state index contributed by atoms with van der Waals surface area (Å²) in [6.45, 7) is 6.60. The fourth-order valence-corrected chi connectivity index (χ4v) is 3.58. The molecule has 1 saturated heterocycles. The van der Waals surface area contributed by atoms with Crippen LogP contribution in [-0.4, -0.2) is 47.9 Å². The molecule has 1 aromatic heterocycles. The van der Waals surface area contributed by atoms with Crippen LogP contribution in [0, 0.1) is 6.92 Å². The van der Waals surface area contributed by atoms with Gasteiger partial charge in [0.1, 0.15) is 5.01 Å². The molecular weight excluding hydrogens is 437 g/mol. The summed E-state index contributed by atoms with van der Waals surface area (Å²) in [7, 11) is 1.77. The summed E-state index contributed by atoms with van der Waals surface area (Å²) in [5.41, 5.74) is 0. The van der Waals surface area contributed by atoms with E-state index < -0.39 is 0 Å². The SMILES string of the molecule is CCC(CCNC(=NC)NCc1ncc(C)s1)N1CCCC1=O.I. The Balaban J connectivity index is 0.00000288. The molecule has 6 nitrogen and oxygen atoms in total. The van der Waals surface area contributed by atoms with Crippen LogP contribution in [0.4, 0.5) is 0 Å². The zero-order valence-corrected chi connectivity index (χ0v) is 17.8. The number of nitrogens with one attached hydrogen (secondary N) is 2. The van der Waals surface area contributed by atoms with Gasteiger partial charge in [0.05, 0.1) is 6.54 Å². The van der Waals surface area contributed by atoms with Crippen LogP contribution in [0.5, 0.6) is 0 Å². The maximum Gasteiger partial charge on any atom is 0.222 e. The van der Waals surface area contributed by atoms with Crippen LogP contribution in [0.15, 0.2) is 11.2 Å². The van der Waals surface area contributed by atoms with Gasteiger partial charge >= 0.3 is 0 Å². The van der Waals surface area contributed by atoms with Crippen molar-refractivity contribution in [1.29, 1.82) is 0 Å². The van der Waals surface area contributed by atoms with Crippen molar-refractivity contribution in [1.82, 2.24) is 20.5 Å². The van der Waals surface area contributed by atoms with E-state index in [2.05, 4.69) is 34.5 Å². The third-order valence-electron chi connectivity index (χ3n) is 4.09. The van der Waals surface area contributed by atoms with Gasteiger partial charge in [0.15, 0.2) is 5.96 Å². The van der Waals surface area contributed by atoms with Gasteiger partial charge in [-0.1, -0.05) is 6.92 Å². The lowest BCUT2D eigenvalue weighted by Gasteiger charge is -2.27. The van der Waals surface area contributed by atoms with E-state index in [1.54, 1.807) is 18.4 Å². The molecule has 1 amide bonds. The van der Waals surface area contributed by atoms with Gasteiger partial charge < -0.3 is 15.5 Å². The Labute approximate surface area is 165 Å². The molecule has 8 heteroatoms. The summed E-state index contributed by atoms with van der Waals surface area (Å²) in [5, 5.41) is 7.66. The number of rotatable bonds is 7. The fourth-order valence-electron chi connectivity index (χ4n) is 2.86. The predicted molar refractivity (Wildman–Crippen MR) is 110 cm³/mol. The van der Waals surface area contributed by atoms with Crippen LogP contribution in [0.1, 0.15) is 42.5 Å². The van der Waals surface area contributed by atoms with E-state index in [0.29, 0.717) is 24.9 Å². The quantitative estimate of drug-likeness (QED) is 0.369. The first-order valence-corrected chi connectivity index (χ1v) is 9.11. The highest BCUT2D eigenvalue weighted by Crippen LogP contribution is 2.17. The van der Waals surface area contributed by atoms with Crippen molar-refractivity contribution in [3.05, 3.63) is 16.1 Å². The number of carbonyl (C=O) groups excluding carboxylic acids is 1. The van der Waals surface area contributed by atoms with Crippen molar-refractivity contribution in [2.45, 2.75) is 52.1 Å². The second-order valence-electron chi connectivity index (χ2n) is 5.76. The number of hydrogen-bond acceptors (Lipinski definition) is 4. The number of nitrogens with zero attached hydrogens (tertiary/aromatic N) is 3. The highest BCUT2D eigenvalue weighted by Gasteiger charge is 2.26. The van der Waals surface area contributed by atoms with E-state index in [9.17, 15) is 4.79 Å². The van der Waals surface area contributed by atoms with E-state index >= 15 is 0 Å². The van der Waals surface area contributed by atoms with Crippen LogP contribution in [0.25, 0.3) is 0 Å². The van der Waals surface area contributed by atoms with E-state index in [1.807, 2.05) is 11.1 Å². The number of aliphatic imine (C=N–C) groups is 1. The van der Waals surface area contributed by atoms with Crippen LogP contribution < -0.4 is 10.6 Å². The van der Waals surface area contributed by atoms with E-state index in [4.69, 9.17) is 0 Å². The minimum absolute atomic E-state index is 0. The number of halogens is 1. The van der Waals surface area contributed by atoms with Gasteiger partial charge in [0.25, 0.3) is 0 Å². The molecule has 0 bridgehead atoms. The van der Waals surface area contributed by atoms with Gasteiger partial charge in [-0.3, -0.25) is 9.79 Å². The molecule has 2 rings (SSSR count). The molecule has 136 valence electrons. The van der Waals surface area contributed by atoms with E-state index in [1.165, 1.54) is 4.88 Å². The zero-order chi connectivity index (χ0) is 16.7. The Hall–Kier alpha value is -0.900. The molecule has 0 radical (unpaired) electrons. The topological polar surface area (TPSA) is 69.6 Å². The molecule has 0 aromatic carbocycles. The minimum Gasteiger partial charge on any atom is -0.356 e. The van der Waals surface area contributed by atoms with Crippen molar-refractivity contribution in [3.63, 3.8) is 0 Å². The second kappa shape index (κ2) is 10.9. The predicted octanol–water partition coefficient (Wildman–Crippen LogP) is 2.53. The average Bonchev–Trinajstić information content (AvgIpc) is 3.15. The standard InChI is InChI=1S/C16H27N5OS.HI/c1-4-13(21-9-5-6-15(21)22)7-8-18-16(17-3)20-11-14-19-10-12(2)23-14;/h10,13H,4-9,11H2,1-3H3,(H2,17,18,20);1H. The summed E-state index contributed by atoms with van der Waals surface area (Å²) in [4.78, 5) is 23.7. The zero-order valence-electron chi connectivity index (χ0n) is 14.7. The molecule has 1 fully saturated rings. The number of amides is 1. The molecular formula is C16H28IN5OS. The average molecular weight is 465 g/mol. The number of carbonyl (C=O) groups is 1. The molecule has 0 aliphatic carbocycles. The summed E-state index contributed by atoms with van der Waals surface area (Å²) in [6, 6.07) is 0.331. The number of guanidine groups is 1. The smallest absolute Gasteiger partial charge is 0.222 e. The Morgan fingerprint density at radius 2 is 2.29 bits per heavy atom. The maximum atomic E-state index is 11.9. The minimum atomic E-state index is 0. The van der Waals surface area contributed by atoms with Crippen molar-refractivity contribution in [2.24, 2.45) is 4.99 Å². The van der Waals surface area contributed by atoms with Crippen molar-refractivity contribution in [3.8, 4) is 0 Å². The Bertz CT molecular complexity index is 548. The number of aromatic nitrogens is 1. The first-order chi connectivity index (χ1) is 11.1. The van der Waals surface area contributed by atoms with Gasteiger partial charge in [-0.2, -0.15) is 0 Å². The van der Waals surface area contributed by atoms with Gasteiger partial charge in [0.2, 0.25) is 5.91 Å². The lowest BCUT2D eigenvalue weighted by molar-refractivity contribution is -0.129.